The van der Waals surface area contributed by atoms with Gasteiger partial charge in [0, 0.05) is 23.8 Å². The summed E-state index contributed by atoms with van der Waals surface area (Å²) in [5, 5.41) is 21.9. The van der Waals surface area contributed by atoms with Crippen molar-refractivity contribution >= 4 is 22.7 Å². The number of hydrogen-bond donors (Lipinski definition) is 3. The van der Waals surface area contributed by atoms with Crippen molar-refractivity contribution in [3.05, 3.63) is 41.5 Å². The Bertz CT molecular complexity index is 1340. The summed E-state index contributed by atoms with van der Waals surface area (Å²) in [6.07, 6.45) is 5.21. The van der Waals surface area contributed by atoms with Crippen LogP contribution < -0.4 is 5.73 Å². The van der Waals surface area contributed by atoms with E-state index in [0.29, 0.717) is 18.4 Å². The first kappa shape index (κ1) is 22.9. The summed E-state index contributed by atoms with van der Waals surface area (Å²) in [6, 6.07) is 5.83. The molecule has 8 unspecified atom stereocenters. The fourth-order valence-electron chi connectivity index (χ4n) is 8.54. The summed E-state index contributed by atoms with van der Waals surface area (Å²) in [4.78, 5) is 6.11. The summed E-state index contributed by atoms with van der Waals surface area (Å²) in [5.41, 5.74) is 6.64. The highest BCUT2D eigenvalue weighted by atomic mass is 19.1. The summed E-state index contributed by atoms with van der Waals surface area (Å²) >= 11 is 0. The summed E-state index contributed by atoms with van der Waals surface area (Å²) in [6.45, 7) is 2.30. The van der Waals surface area contributed by atoms with Crippen LogP contribution in [-0.2, 0) is 4.74 Å². The summed E-state index contributed by atoms with van der Waals surface area (Å²) in [5.74, 6) is 0.168. The number of rotatable bonds is 2. The molecule has 2 bridgehead atoms. The third-order valence-corrected chi connectivity index (χ3v) is 10.4. The number of allylic oxidation sites excluding steroid dienone is 3. The first-order valence-electron chi connectivity index (χ1n) is 13.0. The molecule has 4 N–H and O–H groups in total. The van der Waals surface area contributed by atoms with Crippen LogP contribution in [0.4, 0.5) is 10.4 Å². The van der Waals surface area contributed by atoms with Crippen LogP contribution in [0.1, 0.15) is 51.0 Å². The molecule has 8 heteroatoms. The number of aromatic nitrogens is 1. The van der Waals surface area contributed by atoms with E-state index in [-0.39, 0.29) is 29.8 Å². The van der Waals surface area contributed by atoms with Crippen LogP contribution in [0.25, 0.3) is 16.7 Å². The fraction of sp³-hybridized carbons (Fsp3) is 0.607. The molecule has 8 atom stereocenters. The van der Waals surface area contributed by atoms with Crippen LogP contribution in [-0.4, -0.2) is 69.3 Å². The van der Waals surface area contributed by atoms with E-state index in [4.69, 9.17) is 14.9 Å². The molecule has 3 heterocycles. The Kier molecular flexibility index (Phi) is 4.44. The Morgan fingerprint density at radius 3 is 2.78 bits per heavy atom. The summed E-state index contributed by atoms with van der Waals surface area (Å²) in [7, 11) is 3.73. The number of oxazole rings is 1. The van der Waals surface area contributed by atoms with Crippen molar-refractivity contribution in [3.8, 4) is 0 Å². The first-order valence-corrected chi connectivity index (χ1v) is 13.0. The molecule has 2 aromatic rings. The topological polar surface area (TPSA) is 105 Å². The lowest BCUT2D eigenvalue weighted by molar-refractivity contribution is -0.282. The molecule has 7 rings (SSSR count). The Morgan fingerprint density at radius 2 is 2.00 bits per heavy atom. The number of fused-ring (bicyclic) bond motifs is 2. The number of benzene rings is 1. The minimum Gasteiger partial charge on any atom is -0.424 e. The van der Waals surface area contributed by atoms with E-state index in [1.54, 1.807) is 0 Å². The standard InChI is InChI=1S/C28H34FN3O4/c1-25-9-8-16-13-28(29)23(34)22(33)19(32(2)3)14-26(28)10-11-27(16,36-26)21(25)7-5-17(25)15-4-6-18-20(12-15)35-24(30)31-18/h4-6,8,12,19,21-23,33-34H,7,9-11,13-14H2,1-3H3,(H2,30,31). The van der Waals surface area contributed by atoms with Crippen molar-refractivity contribution in [1.29, 1.82) is 0 Å². The van der Waals surface area contributed by atoms with Gasteiger partial charge in [-0.3, -0.25) is 0 Å². The maximum absolute atomic E-state index is 16.8. The van der Waals surface area contributed by atoms with Crippen LogP contribution in [0.5, 0.6) is 0 Å². The van der Waals surface area contributed by atoms with Gasteiger partial charge in [0.2, 0.25) is 0 Å². The van der Waals surface area contributed by atoms with Gasteiger partial charge in [-0.05, 0) is 75.0 Å². The van der Waals surface area contributed by atoms with Crippen molar-refractivity contribution in [1.82, 2.24) is 9.88 Å². The lowest BCUT2D eigenvalue weighted by atomic mass is 9.56. The Labute approximate surface area is 209 Å². The average Bonchev–Trinajstić information content (AvgIpc) is 3.49. The number of alkyl halides is 1. The Hall–Kier alpha value is -2.26. The van der Waals surface area contributed by atoms with Gasteiger partial charge in [-0.15, -0.1) is 0 Å². The van der Waals surface area contributed by atoms with Gasteiger partial charge in [0.25, 0.3) is 6.01 Å². The lowest BCUT2D eigenvalue weighted by Crippen LogP contribution is -2.73. The normalized spacial score (nSPS) is 45.3. The van der Waals surface area contributed by atoms with Crippen LogP contribution in [0.15, 0.2) is 40.3 Å². The van der Waals surface area contributed by atoms with Gasteiger partial charge >= 0.3 is 0 Å². The lowest BCUT2D eigenvalue weighted by Gasteiger charge is -2.61. The molecule has 0 radical (unpaired) electrons. The second kappa shape index (κ2) is 6.98. The number of halogens is 1. The van der Waals surface area contributed by atoms with E-state index in [9.17, 15) is 10.2 Å². The van der Waals surface area contributed by atoms with Crippen LogP contribution >= 0.6 is 0 Å². The Morgan fingerprint density at radius 1 is 1.19 bits per heavy atom. The third-order valence-electron chi connectivity index (χ3n) is 10.4. The highest BCUT2D eigenvalue weighted by Gasteiger charge is 2.76. The van der Waals surface area contributed by atoms with Gasteiger partial charge in [0.05, 0.1) is 11.7 Å². The minimum atomic E-state index is -2.00. The van der Waals surface area contributed by atoms with Gasteiger partial charge in [0.1, 0.15) is 17.2 Å². The molecule has 3 fully saturated rings. The number of likely N-dealkylation sites (N-methyl/N-ethyl adjacent to an activating group) is 1. The highest BCUT2D eigenvalue weighted by Crippen LogP contribution is 2.70. The quantitative estimate of drug-likeness (QED) is 0.547. The first-order chi connectivity index (χ1) is 17.0. The smallest absolute Gasteiger partial charge is 0.292 e. The molecule has 2 aliphatic heterocycles. The number of aliphatic hydroxyl groups excluding tert-OH is 2. The molecule has 0 amide bonds. The largest absolute Gasteiger partial charge is 0.424 e. The number of anilines is 1. The number of nitrogens with two attached hydrogens (primary N) is 1. The van der Waals surface area contributed by atoms with Crippen molar-refractivity contribution in [2.24, 2.45) is 11.3 Å². The van der Waals surface area contributed by atoms with E-state index < -0.39 is 29.1 Å². The van der Waals surface area contributed by atoms with Gasteiger partial charge < -0.3 is 30.0 Å². The van der Waals surface area contributed by atoms with Crippen molar-refractivity contribution in [2.45, 2.75) is 80.6 Å². The molecule has 192 valence electrons. The molecule has 2 saturated heterocycles. The van der Waals surface area contributed by atoms with Gasteiger partial charge in [-0.25, -0.2) is 4.39 Å². The SMILES string of the molecule is CN(C)C1CC23CCC4(O2)C(=CCC2(C)C(c5ccc6nc(N)oc6c5)=CCC24)CC3(F)C(O)C1O. The number of aliphatic hydroxyl groups is 2. The zero-order chi connectivity index (χ0) is 25.3. The highest BCUT2D eigenvalue weighted by molar-refractivity contribution is 5.83. The Balaban J connectivity index is 1.29. The summed E-state index contributed by atoms with van der Waals surface area (Å²) < 4.78 is 29.4. The molecule has 36 heavy (non-hydrogen) atoms. The van der Waals surface area contributed by atoms with E-state index in [1.807, 2.05) is 31.1 Å². The molecule has 7 nitrogen and oxygen atoms in total. The molecular formula is C28H34FN3O4. The molecule has 1 saturated carbocycles. The predicted molar refractivity (Wildman–Crippen MR) is 134 cm³/mol. The maximum Gasteiger partial charge on any atom is 0.292 e. The molecule has 3 aliphatic carbocycles. The van der Waals surface area contributed by atoms with E-state index in [0.717, 1.165) is 35.9 Å². The van der Waals surface area contributed by atoms with E-state index in [1.165, 1.54) is 5.57 Å². The number of ether oxygens (including phenoxy) is 1. The number of nitrogens with zero attached hydrogens (tertiary/aromatic N) is 2. The van der Waals surface area contributed by atoms with Gasteiger partial charge in [-0.1, -0.05) is 25.1 Å². The number of hydrogen-bond acceptors (Lipinski definition) is 7. The molecular weight excluding hydrogens is 461 g/mol. The van der Waals surface area contributed by atoms with E-state index >= 15 is 4.39 Å². The molecule has 1 aromatic heterocycles. The van der Waals surface area contributed by atoms with Crippen LogP contribution in [0, 0.1) is 11.3 Å². The monoisotopic (exact) mass is 495 g/mol. The predicted octanol–water partition coefficient (Wildman–Crippen LogP) is 3.61. The molecule has 1 aromatic carbocycles. The van der Waals surface area contributed by atoms with Crippen LogP contribution in [0.3, 0.4) is 0 Å². The average molecular weight is 496 g/mol. The minimum absolute atomic E-state index is 0.122. The third kappa shape index (κ3) is 2.58. The van der Waals surface area contributed by atoms with Crippen molar-refractivity contribution in [2.75, 3.05) is 19.8 Å². The second-order valence-electron chi connectivity index (χ2n) is 12.2. The zero-order valence-corrected chi connectivity index (χ0v) is 21.0. The van der Waals surface area contributed by atoms with Crippen molar-refractivity contribution in [3.63, 3.8) is 0 Å². The van der Waals surface area contributed by atoms with Gasteiger partial charge in [0.15, 0.2) is 11.3 Å². The zero-order valence-electron chi connectivity index (χ0n) is 21.0. The van der Waals surface area contributed by atoms with E-state index in [2.05, 4.69) is 30.1 Å². The van der Waals surface area contributed by atoms with Crippen LogP contribution in [0.2, 0.25) is 0 Å². The second-order valence-corrected chi connectivity index (χ2v) is 12.2. The number of nitrogen functional groups attached to an aromatic ring is 1. The maximum atomic E-state index is 16.8. The molecule has 2 spiro atoms. The molecule has 5 aliphatic rings. The van der Waals surface area contributed by atoms with Gasteiger partial charge in [-0.2, -0.15) is 4.98 Å². The fourth-order valence-corrected chi connectivity index (χ4v) is 8.54. The van der Waals surface area contributed by atoms with Crippen molar-refractivity contribution < 1.29 is 23.8 Å².